The molecule has 1 aromatic rings. The van der Waals surface area contributed by atoms with Crippen LogP contribution in [-0.4, -0.2) is 54.1 Å². The topological polar surface area (TPSA) is 88.5 Å². The number of carbonyl (C=O) groups is 2. The van der Waals surface area contributed by atoms with Crippen molar-refractivity contribution >= 4 is 23.7 Å². The second kappa shape index (κ2) is 9.31. The quantitative estimate of drug-likeness (QED) is 0.765. The molecule has 2 N–H and O–H groups in total. The molecule has 0 spiro atoms. The molecule has 3 rings (SSSR count). The maximum atomic E-state index is 14.0. The van der Waals surface area contributed by atoms with E-state index in [2.05, 4.69) is 16.7 Å². The first-order chi connectivity index (χ1) is 13.9. The molecule has 29 heavy (non-hydrogen) atoms. The summed E-state index contributed by atoms with van der Waals surface area (Å²) in [5.74, 6) is -0.452. The Kier molecular flexibility index (Phi) is 6.80. The van der Waals surface area contributed by atoms with Crippen LogP contribution in [0, 0.1) is 23.1 Å². The number of amides is 4. The molecule has 0 radical (unpaired) electrons. The molecule has 0 aromatic heterocycles. The van der Waals surface area contributed by atoms with Gasteiger partial charge in [0.25, 0.3) is 0 Å². The summed E-state index contributed by atoms with van der Waals surface area (Å²) in [5, 5.41) is 14.8. The first-order valence-corrected chi connectivity index (χ1v) is 10.1. The van der Waals surface area contributed by atoms with Gasteiger partial charge in [-0.25, -0.2) is 14.0 Å². The van der Waals surface area contributed by atoms with Crippen molar-refractivity contribution in [2.24, 2.45) is 5.92 Å². The summed E-state index contributed by atoms with van der Waals surface area (Å²) in [6.45, 7) is 0.971. The van der Waals surface area contributed by atoms with E-state index in [1.54, 1.807) is 29.0 Å². The van der Waals surface area contributed by atoms with Gasteiger partial charge in [0.15, 0.2) is 0 Å². The van der Waals surface area contributed by atoms with Crippen LogP contribution < -0.4 is 10.6 Å². The van der Waals surface area contributed by atoms with Crippen molar-refractivity contribution < 1.29 is 14.0 Å². The van der Waals surface area contributed by atoms with Crippen molar-refractivity contribution in [1.82, 2.24) is 20.4 Å². The standard InChI is InChI=1S/C20H25ClFN5O2/c1-24-19(28)26-11-13(6-7-23)8-17(12-26)27(16-4-5-16)20(29)25-10-14-2-3-15(21)9-18(14)22/h2-3,9,13,16-17H,4-6,8,10-12H2,1H3,(H,24,28)(H,25,29)/t13-,17+/m0/s1. The molecule has 7 nitrogen and oxygen atoms in total. The van der Waals surface area contributed by atoms with Crippen LogP contribution in [0.5, 0.6) is 0 Å². The van der Waals surface area contributed by atoms with E-state index in [9.17, 15) is 14.0 Å². The summed E-state index contributed by atoms with van der Waals surface area (Å²) < 4.78 is 14.0. The van der Waals surface area contributed by atoms with Crippen molar-refractivity contribution in [3.8, 4) is 6.07 Å². The molecular weight excluding hydrogens is 397 g/mol. The van der Waals surface area contributed by atoms with Crippen LogP contribution in [0.2, 0.25) is 5.02 Å². The van der Waals surface area contributed by atoms with E-state index in [1.807, 2.05) is 0 Å². The van der Waals surface area contributed by atoms with Crippen molar-refractivity contribution in [1.29, 1.82) is 5.26 Å². The van der Waals surface area contributed by atoms with Crippen molar-refractivity contribution in [2.45, 2.75) is 44.3 Å². The number of nitrogens with zero attached hydrogens (tertiary/aromatic N) is 3. The molecule has 1 aliphatic heterocycles. The Balaban J connectivity index is 1.71. The summed E-state index contributed by atoms with van der Waals surface area (Å²) in [4.78, 5) is 28.6. The molecule has 1 saturated carbocycles. The molecule has 9 heteroatoms. The number of likely N-dealkylation sites (tertiary alicyclic amines) is 1. The average molecular weight is 422 g/mol. The molecule has 1 aliphatic carbocycles. The number of hydrogen-bond acceptors (Lipinski definition) is 3. The molecule has 0 unspecified atom stereocenters. The summed E-state index contributed by atoms with van der Waals surface area (Å²) in [6, 6.07) is 5.98. The molecule has 0 bridgehead atoms. The van der Waals surface area contributed by atoms with Gasteiger partial charge in [0.1, 0.15) is 5.82 Å². The minimum absolute atomic E-state index is 0.0128. The van der Waals surface area contributed by atoms with Gasteiger partial charge in [-0.15, -0.1) is 0 Å². The summed E-state index contributed by atoms with van der Waals surface area (Å²) in [5.41, 5.74) is 0.358. The zero-order valence-corrected chi connectivity index (χ0v) is 17.1. The summed E-state index contributed by atoms with van der Waals surface area (Å²) >= 11 is 5.78. The third-order valence-electron chi connectivity index (χ3n) is 5.41. The number of nitrogens with one attached hydrogen (secondary N) is 2. The number of urea groups is 2. The van der Waals surface area contributed by atoms with E-state index in [1.165, 1.54) is 6.07 Å². The van der Waals surface area contributed by atoms with Crippen LogP contribution in [0.3, 0.4) is 0 Å². The summed E-state index contributed by atoms with van der Waals surface area (Å²) in [6.07, 6.45) is 2.81. The van der Waals surface area contributed by atoms with E-state index in [0.29, 0.717) is 36.5 Å². The molecule has 1 saturated heterocycles. The van der Waals surface area contributed by atoms with Crippen molar-refractivity contribution in [3.63, 3.8) is 0 Å². The SMILES string of the molecule is CNC(=O)N1C[C@@H](CC#N)C[C@@H](N(C(=O)NCc2ccc(Cl)cc2F)C2CC2)C1. The highest BCUT2D eigenvalue weighted by molar-refractivity contribution is 6.30. The molecular formula is C20H25ClFN5O2. The Morgan fingerprint density at radius 3 is 2.72 bits per heavy atom. The Morgan fingerprint density at radius 1 is 1.34 bits per heavy atom. The van der Waals surface area contributed by atoms with Gasteiger partial charge in [-0.1, -0.05) is 17.7 Å². The lowest BCUT2D eigenvalue weighted by atomic mass is 9.91. The van der Waals surface area contributed by atoms with Crippen LogP contribution in [0.1, 0.15) is 31.2 Å². The lowest BCUT2D eigenvalue weighted by molar-refractivity contribution is 0.0921. The number of carbonyl (C=O) groups excluding carboxylic acids is 2. The third-order valence-corrected chi connectivity index (χ3v) is 5.64. The molecule has 4 amide bonds. The Labute approximate surface area is 174 Å². The van der Waals surface area contributed by atoms with Crippen LogP contribution in [-0.2, 0) is 6.54 Å². The maximum absolute atomic E-state index is 14.0. The lowest BCUT2D eigenvalue weighted by Gasteiger charge is -2.42. The number of benzene rings is 1. The van der Waals surface area contributed by atoms with Gasteiger partial charge >= 0.3 is 12.1 Å². The molecule has 1 aromatic carbocycles. The molecule has 156 valence electrons. The number of piperidine rings is 1. The molecule has 1 heterocycles. The fraction of sp³-hybridized carbons (Fsp3) is 0.550. The van der Waals surface area contributed by atoms with E-state index in [-0.39, 0.29) is 36.6 Å². The van der Waals surface area contributed by atoms with Gasteiger partial charge in [-0.2, -0.15) is 5.26 Å². The average Bonchev–Trinajstić information content (AvgIpc) is 3.52. The Bertz CT molecular complexity index is 811. The van der Waals surface area contributed by atoms with Gasteiger partial charge in [0.05, 0.1) is 12.1 Å². The number of rotatable bonds is 5. The first kappa shape index (κ1) is 21.2. The van der Waals surface area contributed by atoms with E-state index in [4.69, 9.17) is 16.9 Å². The summed E-state index contributed by atoms with van der Waals surface area (Å²) in [7, 11) is 1.57. The van der Waals surface area contributed by atoms with Gasteiger partial charge in [0.2, 0.25) is 0 Å². The fourth-order valence-electron chi connectivity index (χ4n) is 3.89. The van der Waals surface area contributed by atoms with E-state index < -0.39 is 5.82 Å². The largest absolute Gasteiger partial charge is 0.341 e. The second-order valence-corrected chi connectivity index (χ2v) is 8.05. The minimum Gasteiger partial charge on any atom is -0.341 e. The van der Waals surface area contributed by atoms with Crippen LogP contribution in [0.4, 0.5) is 14.0 Å². The van der Waals surface area contributed by atoms with Gasteiger partial charge in [-0.05, 0) is 37.3 Å². The van der Waals surface area contributed by atoms with Crippen LogP contribution >= 0.6 is 11.6 Å². The normalized spacial score (nSPS) is 21.2. The highest BCUT2D eigenvalue weighted by Gasteiger charge is 2.41. The lowest BCUT2D eigenvalue weighted by Crippen LogP contribution is -2.58. The smallest absolute Gasteiger partial charge is 0.318 e. The second-order valence-electron chi connectivity index (χ2n) is 7.61. The number of halogens is 2. The van der Waals surface area contributed by atoms with Gasteiger partial charge in [-0.3, -0.25) is 0 Å². The monoisotopic (exact) mass is 421 g/mol. The zero-order valence-electron chi connectivity index (χ0n) is 16.3. The van der Waals surface area contributed by atoms with Gasteiger partial charge in [0, 0.05) is 49.7 Å². The van der Waals surface area contributed by atoms with Crippen LogP contribution in [0.25, 0.3) is 0 Å². The van der Waals surface area contributed by atoms with Crippen molar-refractivity contribution in [2.75, 3.05) is 20.1 Å². The highest BCUT2D eigenvalue weighted by atomic mass is 35.5. The fourth-order valence-corrected chi connectivity index (χ4v) is 4.05. The Morgan fingerprint density at radius 2 is 2.10 bits per heavy atom. The number of hydrogen-bond donors (Lipinski definition) is 2. The number of nitriles is 1. The highest BCUT2D eigenvalue weighted by Crippen LogP contribution is 2.33. The van der Waals surface area contributed by atoms with Crippen LogP contribution in [0.15, 0.2) is 18.2 Å². The van der Waals surface area contributed by atoms with Crippen molar-refractivity contribution in [3.05, 3.63) is 34.6 Å². The Hall–Kier alpha value is -2.53. The van der Waals surface area contributed by atoms with E-state index >= 15 is 0 Å². The van der Waals surface area contributed by atoms with Gasteiger partial charge < -0.3 is 20.4 Å². The molecule has 2 fully saturated rings. The molecule has 2 aliphatic rings. The third kappa shape index (κ3) is 5.30. The minimum atomic E-state index is -0.465. The first-order valence-electron chi connectivity index (χ1n) is 9.76. The zero-order chi connectivity index (χ0) is 21.0. The maximum Gasteiger partial charge on any atom is 0.318 e. The predicted octanol–water partition coefficient (Wildman–Crippen LogP) is 3.10. The predicted molar refractivity (Wildman–Crippen MR) is 107 cm³/mol. The molecule has 2 atom stereocenters. The van der Waals surface area contributed by atoms with E-state index in [0.717, 1.165) is 12.8 Å².